The Labute approximate surface area is 170 Å². The van der Waals surface area contributed by atoms with E-state index in [1.165, 1.54) is 6.07 Å². The number of rotatable bonds is 6. The highest BCUT2D eigenvalue weighted by atomic mass is 35.5. The van der Waals surface area contributed by atoms with E-state index in [1.54, 1.807) is 19.9 Å². The van der Waals surface area contributed by atoms with E-state index in [1.807, 2.05) is 20.8 Å². The summed E-state index contributed by atoms with van der Waals surface area (Å²) in [6, 6.07) is 5.19. The predicted octanol–water partition coefficient (Wildman–Crippen LogP) is 4.05. The zero-order chi connectivity index (χ0) is 20.7. The lowest BCUT2D eigenvalue weighted by atomic mass is 9.54. The van der Waals surface area contributed by atoms with Crippen LogP contribution in [0.3, 0.4) is 0 Å². The number of ether oxygens (including phenoxy) is 1. The molecule has 2 unspecified atom stereocenters. The average molecular weight is 423 g/mol. The lowest BCUT2D eigenvalue weighted by molar-refractivity contribution is -0.170. The maximum absolute atomic E-state index is 13.0. The molecule has 0 radical (unpaired) electrons. The average Bonchev–Trinajstić information content (AvgIpc) is 2.58. The standard InChI is InChI=1S/C20H29F3N2O2.ClH/c1-6-27-15-11-19(24,18(15,4)5)16(26)25-12-17(2,3)13-8-7-9-14(10-13)20(21,22)23;/h7-10,15H,6,11-12,24H2,1-5H3,(H,25,26);1H. The van der Waals surface area contributed by atoms with Crippen molar-refractivity contribution in [1.82, 2.24) is 5.32 Å². The van der Waals surface area contributed by atoms with Gasteiger partial charge < -0.3 is 15.8 Å². The van der Waals surface area contributed by atoms with Gasteiger partial charge in [0.05, 0.1) is 11.7 Å². The molecular weight excluding hydrogens is 393 g/mol. The highest BCUT2D eigenvalue weighted by Gasteiger charge is 2.62. The molecule has 28 heavy (non-hydrogen) atoms. The molecule has 3 N–H and O–H groups in total. The molecule has 1 amide bonds. The molecular formula is C20H30ClF3N2O2. The van der Waals surface area contributed by atoms with Gasteiger partial charge in [-0.25, -0.2) is 0 Å². The van der Waals surface area contributed by atoms with Crippen LogP contribution in [0, 0.1) is 5.41 Å². The van der Waals surface area contributed by atoms with E-state index < -0.39 is 28.1 Å². The molecule has 0 heterocycles. The normalized spacial score (nSPS) is 24.1. The maximum atomic E-state index is 13.0. The molecule has 2 atom stereocenters. The topological polar surface area (TPSA) is 64.3 Å². The monoisotopic (exact) mass is 422 g/mol. The van der Waals surface area contributed by atoms with Crippen LogP contribution in [0.1, 0.15) is 52.2 Å². The van der Waals surface area contributed by atoms with Crippen LogP contribution in [0.4, 0.5) is 13.2 Å². The molecule has 1 aromatic carbocycles. The Hall–Kier alpha value is -1.31. The molecule has 1 aliphatic carbocycles. The van der Waals surface area contributed by atoms with Crippen LogP contribution in [-0.2, 0) is 21.1 Å². The lowest BCUT2D eigenvalue weighted by Crippen LogP contribution is -2.76. The van der Waals surface area contributed by atoms with Gasteiger partial charge in [-0.1, -0.05) is 45.9 Å². The van der Waals surface area contributed by atoms with Crippen molar-refractivity contribution in [2.24, 2.45) is 11.1 Å². The summed E-state index contributed by atoms with van der Waals surface area (Å²) in [7, 11) is 0. The molecule has 1 fully saturated rings. The van der Waals surface area contributed by atoms with E-state index in [4.69, 9.17) is 10.5 Å². The van der Waals surface area contributed by atoms with Gasteiger partial charge in [0.2, 0.25) is 5.91 Å². The molecule has 1 aromatic rings. The number of carbonyl (C=O) groups is 1. The van der Waals surface area contributed by atoms with Crippen LogP contribution in [0.5, 0.6) is 0 Å². The molecule has 1 aliphatic rings. The Morgan fingerprint density at radius 3 is 2.36 bits per heavy atom. The largest absolute Gasteiger partial charge is 0.416 e. The van der Waals surface area contributed by atoms with E-state index in [0.29, 0.717) is 18.6 Å². The van der Waals surface area contributed by atoms with Crippen molar-refractivity contribution in [3.8, 4) is 0 Å². The molecule has 0 bridgehead atoms. The zero-order valence-electron chi connectivity index (χ0n) is 16.9. The third-order valence-electron chi connectivity index (χ3n) is 5.90. The quantitative estimate of drug-likeness (QED) is 0.726. The van der Waals surface area contributed by atoms with Crippen molar-refractivity contribution < 1.29 is 22.7 Å². The third-order valence-corrected chi connectivity index (χ3v) is 5.90. The van der Waals surface area contributed by atoms with Crippen LogP contribution in [0.15, 0.2) is 24.3 Å². The first kappa shape index (κ1) is 24.7. The second kappa shape index (κ2) is 8.20. The van der Waals surface area contributed by atoms with Gasteiger partial charge >= 0.3 is 6.18 Å². The number of carbonyl (C=O) groups excluding carboxylic acids is 1. The van der Waals surface area contributed by atoms with Gasteiger partial charge in [0, 0.05) is 30.4 Å². The van der Waals surface area contributed by atoms with Crippen molar-refractivity contribution >= 4 is 18.3 Å². The first-order valence-electron chi connectivity index (χ1n) is 9.12. The molecule has 0 aliphatic heterocycles. The summed E-state index contributed by atoms with van der Waals surface area (Å²) in [6.45, 7) is 10.0. The first-order chi connectivity index (χ1) is 12.3. The minimum Gasteiger partial charge on any atom is -0.378 e. The summed E-state index contributed by atoms with van der Waals surface area (Å²) < 4.78 is 44.5. The van der Waals surface area contributed by atoms with Crippen molar-refractivity contribution in [2.45, 2.75) is 64.3 Å². The summed E-state index contributed by atoms with van der Waals surface area (Å²) in [5.74, 6) is -0.302. The SMILES string of the molecule is CCOC1CC(N)(C(=O)NCC(C)(C)c2cccc(C(F)(F)F)c2)C1(C)C.Cl. The maximum Gasteiger partial charge on any atom is 0.416 e. The Kier molecular flexibility index (Phi) is 7.25. The fourth-order valence-corrected chi connectivity index (χ4v) is 3.50. The van der Waals surface area contributed by atoms with Gasteiger partial charge in [0.25, 0.3) is 0 Å². The van der Waals surface area contributed by atoms with E-state index in [9.17, 15) is 18.0 Å². The molecule has 4 nitrogen and oxygen atoms in total. The third kappa shape index (κ3) is 4.47. The molecule has 160 valence electrons. The zero-order valence-corrected chi connectivity index (χ0v) is 17.8. The fraction of sp³-hybridized carbons (Fsp3) is 0.650. The van der Waals surface area contributed by atoms with E-state index in [0.717, 1.165) is 12.1 Å². The highest BCUT2D eigenvalue weighted by molar-refractivity contribution is 5.88. The second-order valence-corrected chi connectivity index (χ2v) is 8.49. The molecule has 8 heteroatoms. The Bertz CT molecular complexity index is 707. The Morgan fingerprint density at radius 2 is 1.86 bits per heavy atom. The molecule has 0 aromatic heterocycles. The van der Waals surface area contributed by atoms with Crippen LogP contribution >= 0.6 is 12.4 Å². The van der Waals surface area contributed by atoms with E-state index >= 15 is 0 Å². The summed E-state index contributed by atoms with van der Waals surface area (Å²) in [5, 5.41) is 2.84. The minimum absolute atomic E-state index is 0. The summed E-state index contributed by atoms with van der Waals surface area (Å²) >= 11 is 0. The first-order valence-corrected chi connectivity index (χ1v) is 9.12. The van der Waals surface area contributed by atoms with Crippen molar-refractivity contribution in [2.75, 3.05) is 13.2 Å². The van der Waals surface area contributed by atoms with Gasteiger partial charge in [-0.15, -0.1) is 12.4 Å². The Morgan fingerprint density at radius 1 is 1.29 bits per heavy atom. The van der Waals surface area contributed by atoms with E-state index in [2.05, 4.69) is 5.32 Å². The van der Waals surface area contributed by atoms with Crippen molar-refractivity contribution in [3.05, 3.63) is 35.4 Å². The van der Waals surface area contributed by atoms with Gasteiger partial charge in [-0.3, -0.25) is 4.79 Å². The lowest BCUT2D eigenvalue weighted by Gasteiger charge is -2.57. The molecule has 0 spiro atoms. The van der Waals surface area contributed by atoms with Crippen LogP contribution in [0.25, 0.3) is 0 Å². The van der Waals surface area contributed by atoms with Crippen molar-refractivity contribution in [1.29, 1.82) is 0 Å². The summed E-state index contributed by atoms with van der Waals surface area (Å²) in [5.41, 5.74) is 3.90. The van der Waals surface area contributed by atoms with Crippen LogP contribution in [-0.4, -0.2) is 30.7 Å². The number of halogens is 4. The van der Waals surface area contributed by atoms with Gasteiger partial charge in [0.15, 0.2) is 0 Å². The minimum atomic E-state index is -4.40. The number of nitrogens with two attached hydrogens (primary N) is 1. The number of hydrogen-bond acceptors (Lipinski definition) is 3. The molecule has 2 rings (SSSR count). The van der Waals surface area contributed by atoms with Crippen LogP contribution in [0.2, 0.25) is 0 Å². The van der Waals surface area contributed by atoms with Gasteiger partial charge in [0.1, 0.15) is 5.54 Å². The van der Waals surface area contributed by atoms with E-state index in [-0.39, 0.29) is 31.0 Å². The highest BCUT2D eigenvalue weighted by Crippen LogP contribution is 2.49. The molecule has 0 saturated heterocycles. The fourth-order valence-electron chi connectivity index (χ4n) is 3.50. The van der Waals surface area contributed by atoms with Crippen LogP contribution < -0.4 is 11.1 Å². The molecule has 1 saturated carbocycles. The van der Waals surface area contributed by atoms with Gasteiger partial charge in [-0.05, 0) is 18.6 Å². The second-order valence-electron chi connectivity index (χ2n) is 8.49. The number of hydrogen-bond donors (Lipinski definition) is 2. The summed E-state index contributed by atoms with van der Waals surface area (Å²) in [6.07, 6.45) is -4.07. The smallest absolute Gasteiger partial charge is 0.378 e. The number of amides is 1. The van der Waals surface area contributed by atoms with Gasteiger partial charge in [-0.2, -0.15) is 13.2 Å². The Balaban J connectivity index is 0.00000392. The summed E-state index contributed by atoms with van der Waals surface area (Å²) in [4.78, 5) is 12.7. The van der Waals surface area contributed by atoms with Crippen molar-refractivity contribution in [3.63, 3.8) is 0 Å². The number of alkyl halides is 3. The number of nitrogens with one attached hydrogen (secondary N) is 1. The predicted molar refractivity (Wildman–Crippen MR) is 105 cm³/mol. The number of benzene rings is 1.